The van der Waals surface area contributed by atoms with Gasteiger partial charge in [-0.25, -0.2) is 4.79 Å². The summed E-state index contributed by atoms with van der Waals surface area (Å²) in [5, 5.41) is 24.2. The van der Waals surface area contributed by atoms with Gasteiger partial charge in [-0.1, -0.05) is 6.92 Å². The molecule has 0 heterocycles. The summed E-state index contributed by atoms with van der Waals surface area (Å²) < 4.78 is 0. The number of anilines is 1. The number of carbonyl (C=O) groups excluding carboxylic acids is 1. The monoisotopic (exact) mass is 281 g/mol. The van der Waals surface area contributed by atoms with Crippen molar-refractivity contribution in [1.82, 2.24) is 5.32 Å². The molecule has 20 heavy (non-hydrogen) atoms. The van der Waals surface area contributed by atoms with Crippen LogP contribution in [-0.2, 0) is 4.79 Å². The number of carbonyl (C=O) groups is 2. The zero-order valence-electron chi connectivity index (χ0n) is 11.0. The maximum Gasteiger partial charge on any atom is 0.319 e. The normalized spacial score (nSPS) is 11.5. The summed E-state index contributed by atoms with van der Waals surface area (Å²) in [6.07, 6.45) is 0. The van der Waals surface area contributed by atoms with Crippen molar-refractivity contribution in [2.24, 2.45) is 5.92 Å². The minimum Gasteiger partial charge on any atom is -0.481 e. The van der Waals surface area contributed by atoms with E-state index < -0.39 is 22.8 Å². The van der Waals surface area contributed by atoms with Gasteiger partial charge in [-0.05, 0) is 19.1 Å². The van der Waals surface area contributed by atoms with Crippen LogP contribution < -0.4 is 10.6 Å². The molecular formula is C12H15N3O5. The predicted octanol–water partition coefficient (Wildman–Crippen LogP) is 1.75. The van der Waals surface area contributed by atoms with Crippen molar-refractivity contribution in [3.63, 3.8) is 0 Å². The highest BCUT2D eigenvalue weighted by atomic mass is 16.6. The SMILES string of the molecule is Cc1cc(NC(=O)NCC(C)C(=O)O)ccc1[N+](=O)[O-]. The van der Waals surface area contributed by atoms with Crippen molar-refractivity contribution in [2.75, 3.05) is 11.9 Å². The van der Waals surface area contributed by atoms with Crippen LogP contribution in [0.4, 0.5) is 16.2 Å². The smallest absolute Gasteiger partial charge is 0.319 e. The second kappa shape index (κ2) is 6.50. The Morgan fingerprint density at radius 2 is 2.10 bits per heavy atom. The summed E-state index contributed by atoms with van der Waals surface area (Å²) >= 11 is 0. The third-order valence-corrected chi connectivity index (χ3v) is 2.64. The maximum atomic E-state index is 11.5. The fraction of sp³-hybridized carbons (Fsp3) is 0.333. The molecule has 1 unspecified atom stereocenters. The van der Waals surface area contributed by atoms with Gasteiger partial charge >= 0.3 is 12.0 Å². The first-order valence-corrected chi connectivity index (χ1v) is 5.84. The zero-order valence-corrected chi connectivity index (χ0v) is 11.0. The number of nitrogens with zero attached hydrogens (tertiary/aromatic N) is 1. The van der Waals surface area contributed by atoms with E-state index in [4.69, 9.17) is 5.11 Å². The van der Waals surface area contributed by atoms with Crippen LogP contribution >= 0.6 is 0 Å². The zero-order chi connectivity index (χ0) is 15.3. The quantitative estimate of drug-likeness (QED) is 0.560. The molecule has 0 aliphatic heterocycles. The Kier molecular flexibility index (Phi) is 5.01. The molecule has 0 spiro atoms. The van der Waals surface area contributed by atoms with Gasteiger partial charge in [0.2, 0.25) is 0 Å². The number of aryl methyl sites for hydroxylation is 1. The minimum absolute atomic E-state index is 0.00682. The number of nitro groups is 1. The van der Waals surface area contributed by atoms with Crippen molar-refractivity contribution in [1.29, 1.82) is 0 Å². The first-order valence-electron chi connectivity index (χ1n) is 5.84. The second-order valence-electron chi connectivity index (χ2n) is 4.33. The Hall–Kier alpha value is -2.64. The van der Waals surface area contributed by atoms with Crippen molar-refractivity contribution < 1.29 is 19.6 Å². The molecule has 8 nitrogen and oxygen atoms in total. The van der Waals surface area contributed by atoms with Gasteiger partial charge in [0.25, 0.3) is 5.69 Å². The average Bonchev–Trinajstić information content (AvgIpc) is 2.35. The first-order chi connectivity index (χ1) is 9.31. The molecule has 0 aliphatic carbocycles. The predicted molar refractivity (Wildman–Crippen MR) is 71.7 cm³/mol. The number of rotatable bonds is 5. The number of benzene rings is 1. The van der Waals surface area contributed by atoms with Gasteiger partial charge in [0.05, 0.1) is 10.8 Å². The molecule has 0 bridgehead atoms. The maximum absolute atomic E-state index is 11.5. The van der Waals surface area contributed by atoms with Crippen molar-refractivity contribution >= 4 is 23.4 Å². The highest BCUT2D eigenvalue weighted by Gasteiger charge is 2.13. The van der Waals surface area contributed by atoms with Crippen LogP contribution in [0.3, 0.4) is 0 Å². The number of carboxylic acid groups (broad SMARTS) is 1. The van der Waals surface area contributed by atoms with E-state index in [-0.39, 0.29) is 12.2 Å². The molecule has 1 aromatic rings. The number of urea groups is 1. The van der Waals surface area contributed by atoms with Crippen LogP contribution in [0, 0.1) is 23.0 Å². The molecule has 1 aromatic carbocycles. The van der Waals surface area contributed by atoms with E-state index in [0.717, 1.165) is 0 Å². The van der Waals surface area contributed by atoms with Crippen LogP contribution in [0.1, 0.15) is 12.5 Å². The molecule has 1 atom stereocenters. The van der Waals surface area contributed by atoms with Crippen molar-refractivity contribution in [3.8, 4) is 0 Å². The van der Waals surface area contributed by atoms with Crippen LogP contribution in [0.25, 0.3) is 0 Å². The second-order valence-corrected chi connectivity index (χ2v) is 4.33. The van der Waals surface area contributed by atoms with E-state index >= 15 is 0 Å². The number of nitro benzene ring substituents is 1. The van der Waals surface area contributed by atoms with Crippen LogP contribution in [0.2, 0.25) is 0 Å². The molecule has 0 aromatic heterocycles. The number of hydrogen-bond acceptors (Lipinski definition) is 4. The molecule has 8 heteroatoms. The Morgan fingerprint density at radius 1 is 1.45 bits per heavy atom. The molecule has 108 valence electrons. The number of amides is 2. The van der Waals surface area contributed by atoms with Gasteiger partial charge in [-0.2, -0.15) is 0 Å². The lowest BCUT2D eigenvalue weighted by atomic mass is 10.2. The largest absolute Gasteiger partial charge is 0.481 e. The Bertz CT molecular complexity index is 544. The van der Waals surface area contributed by atoms with E-state index in [9.17, 15) is 19.7 Å². The molecule has 1 rings (SSSR count). The summed E-state index contributed by atoms with van der Waals surface area (Å²) in [6.45, 7) is 3.03. The van der Waals surface area contributed by atoms with Gasteiger partial charge in [-0.15, -0.1) is 0 Å². The summed E-state index contributed by atoms with van der Waals surface area (Å²) in [6, 6.07) is 3.61. The molecule has 0 saturated heterocycles. The van der Waals surface area contributed by atoms with E-state index in [1.165, 1.54) is 25.1 Å². The lowest BCUT2D eigenvalue weighted by Gasteiger charge is -2.10. The number of nitrogens with one attached hydrogen (secondary N) is 2. The minimum atomic E-state index is -1.00. The van der Waals surface area contributed by atoms with E-state index in [1.54, 1.807) is 6.92 Å². The third kappa shape index (κ3) is 4.23. The van der Waals surface area contributed by atoms with E-state index in [1.807, 2.05) is 0 Å². The number of carboxylic acids is 1. The summed E-state index contributed by atoms with van der Waals surface area (Å²) in [5.41, 5.74) is 0.788. The lowest BCUT2D eigenvalue weighted by Crippen LogP contribution is -2.34. The Balaban J connectivity index is 2.61. The van der Waals surface area contributed by atoms with Gasteiger partial charge in [0, 0.05) is 23.9 Å². The van der Waals surface area contributed by atoms with Gasteiger partial charge < -0.3 is 15.7 Å². The lowest BCUT2D eigenvalue weighted by molar-refractivity contribution is -0.385. The highest BCUT2D eigenvalue weighted by molar-refractivity contribution is 5.89. The van der Waals surface area contributed by atoms with Crippen LogP contribution in [-0.4, -0.2) is 28.6 Å². The summed E-state index contributed by atoms with van der Waals surface area (Å²) in [5.74, 6) is -1.70. The van der Waals surface area contributed by atoms with Crippen LogP contribution in [0.15, 0.2) is 18.2 Å². The number of aliphatic carboxylic acids is 1. The van der Waals surface area contributed by atoms with E-state index in [0.29, 0.717) is 11.3 Å². The summed E-state index contributed by atoms with van der Waals surface area (Å²) in [7, 11) is 0. The van der Waals surface area contributed by atoms with Gasteiger partial charge in [0.1, 0.15) is 0 Å². The molecule has 0 saturated carbocycles. The molecule has 0 fully saturated rings. The van der Waals surface area contributed by atoms with Gasteiger partial charge in [-0.3, -0.25) is 14.9 Å². The number of hydrogen-bond donors (Lipinski definition) is 3. The fourth-order valence-corrected chi connectivity index (χ4v) is 1.45. The van der Waals surface area contributed by atoms with Crippen LogP contribution in [0.5, 0.6) is 0 Å². The first kappa shape index (κ1) is 15.4. The fourth-order valence-electron chi connectivity index (χ4n) is 1.45. The molecule has 2 amide bonds. The third-order valence-electron chi connectivity index (χ3n) is 2.64. The Morgan fingerprint density at radius 3 is 2.60 bits per heavy atom. The van der Waals surface area contributed by atoms with E-state index in [2.05, 4.69) is 10.6 Å². The van der Waals surface area contributed by atoms with Gasteiger partial charge in [0.15, 0.2) is 0 Å². The molecular weight excluding hydrogens is 266 g/mol. The topological polar surface area (TPSA) is 122 Å². The van der Waals surface area contributed by atoms with Crippen molar-refractivity contribution in [2.45, 2.75) is 13.8 Å². The molecule has 0 aliphatic rings. The molecule has 3 N–H and O–H groups in total. The summed E-state index contributed by atoms with van der Waals surface area (Å²) in [4.78, 5) is 32.2. The standard InChI is InChI=1S/C12H15N3O5/c1-7-5-9(3-4-10(7)15(19)20)14-12(18)13-6-8(2)11(16)17/h3-5,8H,6H2,1-2H3,(H,16,17)(H2,13,14,18). The highest BCUT2D eigenvalue weighted by Crippen LogP contribution is 2.21. The molecule has 0 radical (unpaired) electrons. The Labute approximate surface area is 114 Å². The van der Waals surface area contributed by atoms with Crippen molar-refractivity contribution in [3.05, 3.63) is 33.9 Å². The average molecular weight is 281 g/mol.